The van der Waals surface area contributed by atoms with Crippen LogP contribution in [0.25, 0.3) is 0 Å². The first-order valence-electron chi connectivity index (χ1n) is 4.58. The summed E-state index contributed by atoms with van der Waals surface area (Å²) in [7, 11) is -3.93. The third-order valence-corrected chi connectivity index (χ3v) is 2.94. The van der Waals surface area contributed by atoms with E-state index in [1.54, 1.807) is 25.1 Å². The quantitative estimate of drug-likeness (QED) is 0.594. The van der Waals surface area contributed by atoms with Crippen molar-refractivity contribution in [2.24, 2.45) is 0 Å². The van der Waals surface area contributed by atoms with Crippen molar-refractivity contribution in [2.75, 3.05) is 0 Å². The molecule has 0 aliphatic heterocycles. The summed E-state index contributed by atoms with van der Waals surface area (Å²) in [5.74, 6) is -0.721. The van der Waals surface area contributed by atoms with Crippen LogP contribution in [0.3, 0.4) is 0 Å². The van der Waals surface area contributed by atoms with Gasteiger partial charge in [0.05, 0.1) is 0 Å². The van der Waals surface area contributed by atoms with E-state index in [4.69, 9.17) is 0 Å². The maximum atomic E-state index is 11.5. The second kappa shape index (κ2) is 7.06. The van der Waals surface area contributed by atoms with Gasteiger partial charge in [-0.1, -0.05) is 25.1 Å². The van der Waals surface area contributed by atoms with Crippen molar-refractivity contribution in [1.82, 2.24) is 0 Å². The van der Waals surface area contributed by atoms with E-state index in [-0.39, 0.29) is 40.9 Å². The summed E-state index contributed by atoms with van der Waals surface area (Å²) in [6, 6.07) is 7.59. The number of hydrogen-bond donors (Lipinski definition) is 0. The molecule has 0 bridgehead atoms. The van der Waals surface area contributed by atoms with Crippen LogP contribution in [0.2, 0.25) is 0 Å². The van der Waals surface area contributed by atoms with E-state index in [0.717, 1.165) is 0 Å². The molecule has 6 heteroatoms. The third-order valence-electron chi connectivity index (χ3n) is 1.69. The van der Waals surface area contributed by atoms with Gasteiger partial charge in [-0.2, -0.15) is 8.42 Å². The molecular weight excluding hydrogens is 239 g/mol. The minimum absolute atomic E-state index is 0. The second-order valence-corrected chi connectivity index (χ2v) is 4.52. The summed E-state index contributed by atoms with van der Waals surface area (Å²) < 4.78 is 27.3. The molecule has 0 fully saturated rings. The Labute approximate surface area is 117 Å². The molecule has 84 valence electrons. The molecule has 1 aromatic rings. The van der Waals surface area contributed by atoms with E-state index in [1.807, 2.05) is 0 Å². The molecule has 0 unspecified atom stereocenters. The molecule has 4 nitrogen and oxygen atoms in total. The van der Waals surface area contributed by atoms with E-state index in [1.165, 1.54) is 12.1 Å². The van der Waals surface area contributed by atoms with Gasteiger partial charge >= 0.3 is 45.6 Å². The van der Waals surface area contributed by atoms with Crippen LogP contribution in [-0.4, -0.2) is 43.9 Å². The average molecular weight is 252 g/mol. The predicted octanol–water partition coefficient (Wildman–Crippen LogP) is 1.07. The Balaban J connectivity index is 0.00000225. The van der Waals surface area contributed by atoms with Crippen molar-refractivity contribution < 1.29 is 17.4 Å². The van der Waals surface area contributed by atoms with E-state index >= 15 is 0 Å². The molecule has 0 aliphatic carbocycles. The van der Waals surface area contributed by atoms with Crippen molar-refractivity contribution >= 4 is 45.6 Å². The first kappa shape index (κ1) is 15.6. The Morgan fingerprint density at radius 2 is 1.81 bits per heavy atom. The molecule has 0 N–H and O–H groups in total. The van der Waals surface area contributed by atoms with Crippen LogP contribution in [0.4, 0.5) is 0 Å². The molecule has 0 aromatic heterocycles. The van der Waals surface area contributed by atoms with Crippen LogP contribution in [0, 0.1) is 0 Å². The summed E-state index contributed by atoms with van der Waals surface area (Å²) in [4.78, 5) is 11.0. The van der Waals surface area contributed by atoms with E-state index in [0.29, 0.717) is 6.42 Å². The van der Waals surface area contributed by atoms with Crippen molar-refractivity contribution in [3.05, 3.63) is 30.3 Å². The van der Waals surface area contributed by atoms with Gasteiger partial charge in [-0.05, 0) is 18.6 Å². The number of rotatable bonds is 4. The van der Waals surface area contributed by atoms with Gasteiger partial charge in [0.1, 0.15) is 4.90 Å². The van der Waals surface area contributed by atoms with Crippen LogP contribution in [-0.2, 0) is 19.1 Å². The zero-order chi connectivity index (χ0) is 11.3. The molecule has 0 saturated heterocycles. The van der Waals surface area contributed by atoms with E-state index in [2.05, 4.69) is 4.18 Å². The first-order chi connectivity index (χ1) is 7.06. The molecule has 0 saturated carbocycles. The fraction of sp³-hybridized carbons (Fsp3) is 0.300. The van der Waals surface area contributed by atoms with Gasteiger partial charge in [-0.25, -0.2) is 0 Å². The van der Waals surface area contributed by atoms with Crippen molar-refractivity contribution in [3.8, 4) is 0 Å². The first-order valence-corrected chi connectivity index (χ1v) is 5.99. The van der Waals surface area contributed by atoms with Crippen LogP contribution in [0.15, 0.2) is 35.2 Å². The van der Waals surface area contributed by atoms with E-state index < -0.39 is 16.1 Å². The second-order valence-electron chi connectivity index (χ2n) is 2.97. The third kappa shape index (κ3) is 4.65. The number of hydrogen-bond acceptors (Lipinski definition) is 4. The molecular formula is C10H13NaO4S. The predicted molar refractivity (Wildman–Crippen MR) is 61.8 cm³/mol. The van der Waals surface area contributed by atoms with Crippen molar-refractivity contribution in [3.63, 3.8) is 0 Å². The van der Waals surface area contributed by atoms with Gasteiger partial charge in [-0.15, -0.1) is 0 Å². The molecule has 0 heterocycles. The van der Waals surface area contributed by atoms with Crippen molar-refractivity contribution in [2.45, 2.75) is 24.7 Å². The molecule has 0 atom stereocenters. The van der Waals surface area contributed by atoms with Gasteiger partial charge in [0.2, 0.25) is 0 Å². The summed E-state index contributed by atoms with van der Waals surface area (Å²) in [5.41, 5.74) is 0. The minimum atomic E-state index is -3.93. The van der Waals surface area contributed by atoms with E-state index in [9.17, 15) is 13.2 Å². The molecule has 0 spiro atoms. The summed E-state index contributed by atoms with van der Waals surface area (Å²) >= 11 is 0. The number of carbonyl (C=O) groups excluding carboxylic acids is 1. The molecule has 0 radical (unpaired) electrons. The van der Waals surface area contributed by atoms with Gasteiger partial charge in [0.15, 0.2) is 0 Å². The topological polar surface area (TPSA) is 60.4 Å². The van der Waals surface area contributed by atoms with Crippen LogP contribution in [0.1, 0.15) is 19.8 Å². The molecule has 1 rings (SSSR count). The molecule has 1 aromatic carbocycles. The summed E-state index contributed by atoms with van der Waals surface area (Å²) in [6.45, 7) is 1.77. The Bertz CT molecular complexity index is 427. The Morgan fingerprint density at radius 3 is 2.31 bits per heavy atom. The van der Waals surface area contributed by atoms with Crippen LogP contribution >= 0.6 is 0 Å². The van der Waals surface area contributed by atoms with Gasteiger partial charge in [0, 0.05) is 6.42 Å². The van der Waals surface area contributed by atoms with Crippen molar-refractivity contribution in [1.29, 1.82) is 0 Å². The SMILES string of the molecule is CCCC(=O)OS(=O)(=O)c1ccccc1.[NaH]. The fourth-order valence-corrected chi connectivity index (χ4v) is 1.92. The summed E-state index contributed by atoms with van der Waals surface area (Å²) in [5, 5.41) is 0. The fourth-order valence-electron chi connectivity index (χ4n) is 1.00. The zero-order valence-corrected chi connectivity index (χ0v) is 9.16. The zero-order valence-electron chi connectivity index (χ0n) is 8.34. The summed E-state index contributed by atoms with van der Waals surface area (Å²) in [6.07, 6.45) is 0.662. The number of benzene rings is 1. The molecule has 16 heavy (non-hydrogen) atoms. The Kier molecular flexibility index (Phi) is 6.90. The standard InChI is InChI=1S/C10H12O4S.Na.H/c1-2-6-10(11)14-15(12,13)9-7-4-3-5-8-9;;/h3-5,7-8H,2,6H2,1H3;;. The molecule has 0 amide bonds. The Morgan fingerprint density at radius 1 is 1.25 bits per heavy atom. The van der Waals surface area contributed by atoms with Gasteiger partial charge in [0.25, 0.3) is 0 Å². The van der Waals surface area contributed by atoms with Crippen LogP contribution in [0.5, 0.6) is 0 Å². The molecule has 0 aliphatic rings. The average Bonchev–Trinajstić information content (AvgIpc) is 2.18. The Hall–Kier alpha value is -0.360. The van der Waals surface area contributed by atoms with Gasteiger partial charge in [-0.3, -0.25) is 4.79 Å². The van der Waals surface area contributed by atoms with Gasteiger partial charge < -0.3 is 4.18 Å². The number of carbonyl (C=O) groups is 1. The maximum absolute atomic E-state index is 11.5. The van der Waals surface area contributed by atoms with Crippen LogP contribution < -0.4 is 0 Å². The monoisotopic (exact) mass is 252 g/mol. The normalized spacial score (nSPS) is 10.3.